The van der Waals surface area contributed by atoms with Crippen LogP contribution in [-0.4, -0.2) is 43.1 Å². The molecule has 0 heterocycles. The molecule has 1 nitrogen and oxygen atoms in total. The van der Waals surface area contributed by atoms with Gasteiger partial charge in [-0.1, -0.05) is 0 Å². The van der Waals surface area contributed by atoms with E-state index in [0.717, 1.165) is 13.2 Å². The van der Waals surface area contributed by atoms with Gasteiger partial charge >= 0.3 is 128 Å². The standard InChI is InChI=1S/C16H18OSe2/c1-3-7-15(8-4-1)18-13-11-17-12-14-19-16-9-5-2-6-10-16/h1-10H,11-14H2. The van der Waals surface area contributed by atoms with Crippen LogP contribution in [0.25, 0.3) is 0 Å². The monoisotopic (exact) mass is 386 g/mol. The Bertz CT molecular complexity index is 401. The summed E-state index contributed by atoms with van der Waals surface area (Å²) in [6, 6.07) is 21.4. The summed E-state index contributed by atoms with van der Waals surface area (Å²) in [6.45, 7) is 1.81. The molecule has 0 atom stereocenters. The van der Waals surface area contributed by atoms with Crippen LogP contribution in [0.1, 0.15) is 0 Å². The molecule has 0 amide bonds. The van der Waals surface area contributed by atoms with E-state index in [4.69, 9.17) is 4.74 Å². The third-order valence-electron chi connectivity index (χ3n) is 2.48. The van der Waals surface area contributed by atoms with Crippen LogP contribution in [0.4, 0.5) is 0 Å². The van der Waals surface area contributed by atoms with Gasteiger partial charge in [-0.3, -0.25) is 0 Å². The van der Waals surface area contributed by atoms with E-state index in [1.165, 1.54) is 19.6 Å². The van der Waals surface area contributed by atoms with Crippen LogP contribution in [0.3, 0.4) is 0 Å². The summed E-state index contributed by atoms with van der Waals surface area (Å²) < 4.78 is 8.64. The zero-order valence-corrected chi connectivity index (χ0v) is 14.3. The number of hydrogen-bond donors (Lipinski definition) is 0. The van der Waals surface area contributed by atoms with E-state index in [2.05, 4.69) is 60.7 Å². The Labute approximate surface area is 128 Å². The fourth-order valence-electron chi connectivity index (χ4n) is 1.57. The van der Waals surface area contributed by atoms with E-state index in [-0.39, 0.29) is 0 Å². The molecule has 2 rings (SSSR count). The van der Waals surface area contributed by atoms with Gasteiger partial charge in [0.2, 0.25) is 0 Å². The Morgan fingerprint density at radius 2 is 1.05 bits per heavy atom. The molecule has 0 aliphatic rings. The molecular formula is C16H18OSe2. The molecule has 0 radical (unpaired) electrons. The minimum atomic E-state index is 0.561. The molecule has 0 N–H and O–H groups in total. The van der Waals surface area contributed by atoms with Gasteiger partial charge in [-0.2, -0.15) is 0 Å². The zero-order chi connectivity index (χ0) is 13.2. The molecule has 0 saturated carbocycles. The van der Waals surface area contributed by atoms with Crippen molar-refractivity contribution < 1.29 is 4.74 Å². The maximum absolute atomic E-state index is 5.71. The molecule has 0 unspecified atom stereocenters. The molecule has 0 bridgehead atoms. The van der Waals surface area contributed by atoms with Gasteiger partial charge in [0.15, 0.2) is 0 Å². The molecule has 0 spiro atoms. The van der Waals surface area contributed by atoms with E-state index in [0.29, 0.717) is 29.9 Å². The third kappa shape index (κ3) is 6.42. The van der Waals surface area contributed by atoms with Crippen LogP contribution >= 0.6 is 0 Å². The first-order chi connectivity index (χ1) is 9.45. The van der Waals surface area contributed by atoms with Gasteiger partial charge in [0.25, 0.3) is 0 Å². The summed E-state index contributed by atoms with van der Waals surface area (Å²) in [6.07, 6.45) is 0. The Morgan fingerprint density at radius 3 is 1.47 bits per heavy atom. The molecule has 0 fully saturated rings. The average Bonchev–Trinajstić information content (AvgIpc) is 2.48. The summed E-state index contributed by atoms with van der Waals surface area (Å²) in [7, 11) is 0. The van der Waals surface area contributed by atoms with E-state index < -0.39 is 0 Å². The Morgan fingerprint density at radius 1 is 0.632 bits per heavy atom. The topological polar surface area (TPSA) is 9.23 Å². The fourth-order valence-corrected chi connectivity index (χ4v) is 4.87. The number of benzene rings is 2. The van der Waals surface area contributed by atoms with Crippen molar-refractivity contribution in [3.63, 3.8) is 0 Å². The molecule has 0 aliphatic heterocycles. The van der Waals surface area contributed by atoms with Gasteiger partial charge in [0, 0.05) is 0 Å². The Kier molecular flexibility index (Phi) is 7.31. The zero-order valence-electron chi connectivity index (χ0n) is 10.8. The molecule has 0 saturated heterocycles. The predicted octanol–water partition coefficient (Wildman–Crippen LogP) is 1.90. The van der Waals surface area contributed by atoms with Crippen molar-refractivity contribution in [1.82, 2.24) is 0 Å². The van der Waals surface area contributed by atoms with Crippen molar-refractivity contribution >= 4 is 38.8 Å². The summed E-state index contributed by atoms with van der Waals surface area (Å²) in [4.78, 5) is 0. The minimum absolute atomic E-state index is 0.561. The van der Waals surface area contributed by atoms with Gasteiger partial charge in [0.1, 0.15) is 0 Å². The van der Waals surface area contributed by atoms with Crippen molar-refractivity contribution in [2.24, 2.45) is 0 Å². The fraction of sp³-hybridized carbons (Fsp3) is 0.250. The third-order valence-corrected chi connectivity index (χ3v) is 6.58. The van der Waals surface area contributed by atoms with Gasteiger partial charge in [-0.15, -0.1) is 0 Å². The molecule has 19 heavy (non-hydrogen) atoms. The first-order valence-electron chi connectivity index (χ1n) is 6.38. The van der Waals surface area contributed by atoms with Gasteiger partial charge in [-0.05, 0) is 0 Å². The molecular weight excluding hydrogens is 366 g/mol. The van der Waals surface area contributed by atoms with Gasteiger partial charge < -0.3 is 0 Å². The van der Waals surface area contributed by atoms with Gasteiger partial charge in [0.05, 0.1) is 0 Å². The van der Waals surface area contributed by atoms with Crippen LogP contribution in [-0.2, 0) is 4.74 Å². The summed E-state index contributed by atoms with van der Waals surface area (Å²) in [5.74, 6) is 0. The van der Waals surface area contributed by atoms with E-state index >= 15 is 0 Å². The van der Waals surface area contributed by atoms with Crippen molar-refractivity contribution in [1.29, 1.82) is 0 Å². The molecule has 100 valence electrons. The molecule has 3 heteroatoms. The van der Waals surface area contributed by atoms with Crippen LogP contribution in [0.5, 0.6) is 0 Å². The van der Waals surface area contributed by atoms with Crippen LogP contribution in [0, 0.1) is 0 Å². The van der Waals surface area contributed by atoms with Crippen LogP contribution < -0.4 is 8.92 Å². The van der Waals surface area contributed by atoms with Crippen LogP contribution in [0.2, 0.25) is 10.6 Å². The quantitative estimate of drug-likeness (QED) is 0.499. The number of hydrogen-bond acceptors (Lipinski definition) is 1. The second kappa shape index (κ2) is 9.36. The average molecular weight is 384 g/mol. The SMILES string of the molecule is c1ccc([Se]CCOCC[Se]c2ccccc2)cc1. The maximum atomic E-state index is 5.71. The Balaban J connectivity index is 1.49. The van der Waals surface area contributed by atoms with Crippen molar-refractivity contribution in [2.45, 2.75) is 10.6 Å². The number of rotatable bonds is 8. The van der Waals surface area contributed by atoms with Gasteiger partial charge in [-0.25, -0.2) is 0 Å². The first kappa shape index (κ1) is 14.8. The predicted molar refractivity (Wildman–Crippen MR) is 84.1 cm³/mol. The van der Waals surface area contributed by atoms with Crippen molar-refractivity contribution in [3.05, 3.63) is 60.7 Å². The van der Waals surface area contributed by atoms with Crippen molar-refractivity contribution in [3.8, 4) is 0 Å². The van der Waals surface area contributed by atoms with E-state index in [9.17, 15) is 0 Å². The second-order valence-electron chi connectivity index (χ2n) is 3.94. The van der Waals surface area contributed by atoms with E-state index in [1.54, 1.807) is 0 Å². The summed E-state index contributed by atoms with van der Waals surface area (Å²) >= 11 is 1.12. The molecule has 0 aliphatic carbocycles. The summed E-state index contributed by atoms with van der Waals surface area (Å²) in [5, 5.41) is 2.35. The molecule has 2 aromatic rings. The normalized spacial score (nSPS) is 10.5. The Hall–Kier alpha value is -0.561. The van der Waals surface area contributed by atoms with Crippen LogP contribution in [0.15, 0.2) is 60.7 Å². The second-order valence-corrected chi connectivity index (χ2v) is 8.84. The first-order valence-corrected chi connectivity index (χ1v) is 10.5. The van der Waals surface area contributed by atoms with Crippen molar-refractivity contribution in [2.75, 3.05) is 13.2 Å². The van der Waals surface area contributed by atoms with E-state index in [1.807, 2.05) is 0 Å². The summed E-state index contributed by atoms with van der Waals surface area (Å²) in [5.41, 5.74) is 0. The molecule has 0 aromatic heterocycles. The number of ether oxygens (including phenoxy) is 1. The molecule has 2 aromatic carbocycles.